The highest BCUT2D eigenvalue weighted by Crippen LogP contribution is 2.41. The summed E-state index contributed by atoms with van der Waals surface area (Å²) in [4.78, 5) is 52.1. The van der Waals surface area contributed by atoms with E-state index in [-0.39, 0.29) is 43.3 Å². The molecule has 0 unspecified atom stereocenters. The number of rotatable bonds is 10. The molecule has 0 bridgehead atoms. The predicted molar refractivity (Wildman–Crippen MR) is 185 cm³/mol. The first-order chi connectivity index (χ1) is 22.8. The Morgan fingerprint density at radius 2 is 0.917 bits per heavy atom. The summed E-state index contributed by atoms with van der Waals surface area (Å²) in [5, 5.41) is -1.68. The second-order valence-corrected chi connectivity index (χ2v) is 12.6. The standard InChI is InChI=1S/C34H24Cl6O8/c1-17-5-3-7-19(13-17)9-11-45-31(41)25-27(39)21(35)15-23(37)29(25)47-33(43)34(44)48-30-24(38)16-22(36)28(40)26(30)32(42)46-12-10-20-8-4-6-18(2)14-20/h3-8,13-16H,9-12H2,1-2H3. The van der Waals surface area contributed by atoms with E-state index in [4.69, 9.17) is 88.6 Å². The molecule has 0 aliphatic rings. The minimum atomic E-state index is -1.68. The molecule has 0 saturated heterocycles. The van der Waals surface area contributed by atoms with Gasteiger partial charge in [0.2, 0.25) is 0 Å². The number of hydrogen-bond acceptors (Lipinski definition) is 8. The van der Waals surface area contributed by atoms with Crippen molar-refractivity contribution in [1.82, 2.24) is 0 Å². The monoisotopic (exact) mass is 770 g/mol. The lowest BCUT2D eigenvalue weighted by molar-refractivity contribution is -0.156. The zero-order valence-corrected chi connectivity index (χ0v) is 29.7. The molecule has 8 nitrogen and oxygen atoms in total. The summed E-state index contributed by atoms with van der Waals surface area (Å²) in [5.41, 5.74) is 2.84. The number of ether oxygens (including phenoxy) is 4. The normalized spacial score (nSPS) is 10.8. The molecule has 4 aromatic carbocycles. The third-order valence-corrected chi connectivity index (χ3v) is 8.77. The first-order valence-electron chi connectivity index (χ1n) is 14.0. The fourth-order valence-corrected chi connectivity index (χ4v) is 5.83. The van der Waals surface area contributed by atoms with Crippen LogP contribution in [-0.2, 0) is 31.9 Å². The maximum absolute atomic E-state index is 13.1. The second kappa shape index (κ2) is 16.7. The van der Waals surface area contributed by atoms with Gasteiger partial charge in [0.15, 0.2) is 11.5 Å². The van der Waals surface area contributed by atoms with E-state index < -0.39 is 46.5 Å². The second-order valence-electron chi connectivity index (χ2n) is 10.2. The molecule has 48 heavy (non-hydrogen) atoms. The van der Waals surface area contributed by atoms with Gasteiger partial charge in [0, 0.05) is 12.8 Å². The molecule has 0 fully saturated rings. The topological polar surface area (TPSA) is 105 Å². The quantitative estimate of drug-likeness (QED) is 0.0680. The minimum absolute atomic E-state index is 0.0716. The van der Waals surface area contributed by atoms with Crippen molar-refractivity contribution in [3.8, 4) is 11.5 Å². The summed E-state index contributed by atoms with van der Waals surface area (Å²) in [6, 6.07) is 17.3. The van der Waals surface area contributed by atoms with E-state index in [0.717, 1.165) is 34.4 Å². The molecule has 0 aromatic heterocycles. The van der Waals surface area contributed by atoms with Gasteiger partial charge in [-0.15, -0.1) is 0 Å². The van der Waals surface area contributed by atoms with Crippen LogP contribution < -0.4 is 9.47 Å². The van der Waals surface area contributed by atoms with Crippen molar-refractivity contribution >= 4 is 93.5 Å². The van der Waals surface area contributed by atoms with E-state index >= 15 is 0 Å². The summed E-state index contributed by atoms with van der Waals surface area (Å²) >= 11 is 37.3. The van der Waals surface area contributed by atoms with Gasteiger partial charge in [-0.05, 0) is 37.1 Å². The highest BCUT2D eigenvalue weighted by atomic mass is 35.5. The van der Waals surface area contributed by atoms with Gasteiger partial charge < -0.3 is 18.9 Å². The summed E-state index contributed by atoms with van der Waals surface area (Å²) in [6.07, 6.45) is 0.726. The van der Waals surface area contributed by atoms with Crippen LogP contribution in [0.15, 0.2) is 60.7 Å². The molecule has 0 atom stereocenters. The van der Waals surface area contributed by atoms with Crippen LogP contribution in [0.5, 0.6) is 11.5 Å². The zero-order valence-electron chi connectivity index (χ0n) is 25.1. The number of carbonyl (C=O) groups excluding carboxylic acids is 4. The van der Waals surface area contributed by atoms with Gasteiger partial charge in [-0.25, -0.2) is 19.2 Å². The van der Waals surface area contributed by atoms with Crippen molar-refractivity contribution in [2.45, 2.75) is 26.7 Å². The lowest BCUT2D eigenvalue weighted by atomic mass is 10.1. The molecule has 0 N–H and O–H groups in total. The maximum Gasteiger partial charge on any atom is 0.423 e. The molecule has 4 rings (SSSR count). The van der Waals surface area contributed by atoms with Gasteiger partial charge in [-0.2, -0.15) is 0 Å². The Morgan fingerprint density at radius 1 is 0.542 bits per heavy atom. The number of carbonyl (C=O) groups is 4. The van der Waals surface area contributed by atoms with Gasteiger partial charge in [-0.3, -0.25) is 0 Å². The molecule has 14 heteroatoms. The van der Waals surface area contributed by atoms with Crippen LogP contribution in [0.25, 0.3) is 0 Å². The molecule has 0 aliphatic carbocycles. The first-order valence-corrected chi connectivity index (χ1v) is 16.3. The summed E-state index contributed by atoms with van der Waals surface area (Å²) < 4.78 is 21.0. The summed E-state index contributed by atoms with van der Waals surface area (Å²) in [5.74, 6) is -6.66. The van der Waals surface area contributed by atoms with E-state index in [2.05, 4.69) is 0 Å². The third kappa shape index (κ3) is 9.35. The molecule has 0 spiro atoms. The van der Waals surface area contributed by atoms with Gasteiger partial charge in [0.1, 0.15) is 11.1 Å². The maximum atomic E-state index is 13.1. The number of esters is 4. The fourth-order valence-electron chi connectivity index (χ4n) is 4.39. The van der Waals surface area contributed by atoms with Gasteiger partial charge >= 0.3 is 23.9 Å². The van der Waals surface area contributed by atoms with Crippen LogP contribution in [0.2, 0.25) is 30.1 Å². The molecule has 250 valence electrons. The highest BCUT2D eigenvalue weighted by molar-refractivity contribution is 6.47. The van der Waals surface area contributed by atoms with E-state index in [1.54, 1.807) is 0 Å². The Kier molecular flexibility index (Phi) is 13.0. The first kappa shape index (κ1) is 37.3. The van der Waals surface area contributed by atoms with Crippen LogP contribution in [0.3, 0.4) is 0 Å². The van der Waals surface area contributed by atoms with E-state index in [1.165, 1.54) is 0 Å². The molecular weight excluding hydrogens is 749 g/mol. The summed E-state index contributed by atoms with van der Waals surface area (Å²) in [7, 11) is 0. The Bertz CT molecular complexity index is 1770. The SMILES string of the molecule is Cc1cccc(CCOC(=O)c2c(Cl)c(Cl)cc(Cl)c2OC(=O)C(=O)Oc2c(Cl)cc(Cl)c(Cl)c2C(=O)OCCc2cccc(C)c2)c1. The van der Waals surface area contributed by atoms with Gasteiger partial charge in [0.25, 0.3) is 0 Å². The van der Waals surface area contributed by atoms with Crippen molar-refractivity contribution in [1.29, 1.82) is 0 Å². The van der Waals surface area contributed by atoms with Crippen molar-refractivity contribution < 1.29 is 38.1 Å². The smallest absolute Gasteiger partial charge is 0.423 e. The zero-order chi connectivity index (χ0) is 35.1. The van der Waals surface area contributed by atoms with Crippen molar-refractivity contribution in [2.24, 2.45) is 0 Å². The largest absolute Gasteiger partial charge is 0.462 e. The van der Waals surface area contributed by atoms with E-state index in [9.17, 15) is 19.2 Å². The highest BCUT2D eigenvalue weighted by Gasteiger charge is 2.32. The number of halogens is 6. The lowest BCUT2D eigenvalue weighted by Crippen LogP contribution is -2.27. The third-order valence-electron chi connectivity index (χ3n) is 6.63. The Balaban J connectivity index is 1.52. The fraction of sp³-hybridized carbons (Fsp3) is 0.176. The van der Waals surface area contributed by atoms with Gasteiger partial charge in [-0.1, -0.05) is 129 Å². The van der Waals surface area contributed by atoms with E-state index in [0.29, 0.717) is 12.8 Å². The Morgan fingerprint density at radius 3 is 1.27 bits per heavy atom. The molecule has 4 aromatic rings. The molecule has 0 heterocycles. The molecular formula is C34H24Cl6O8. The Hall–Kier alpha value is -3.50. The van der Waals surface area contributed by atoms with E-state index in [1.807, 2.05) is 62.4 Å². The van der Waals surface area contributed by atoms with Crippen LogP contribution in [0.4, 0.5) is 0 Å². The molecule has 0 saturated carbocycles. The van der Waals surface area contributed by atoms with Crippen LogP contribution in [-0.4, -0.2) is 37.1 Å². The average Bonchev–Trinajstić information content (AvgIpc) is 3.02. The lowest BCUT2D eigenvalue weighted by Gasteiger charge is -2.15. The van der Waals surface area contributed by atoms with Crippen LogP contribution in [0.1, 0.15) is 43.0 Å². The van der Waals surface area contributed by atoms with Crippen molar-refractivity contribution in [3.05, 3.63) is 124 Å². The molecule has 0 aliphatic heterocycles. The van der Waals surface area contributed by atoms with Crippen LogP contribution in [0, 0.1) is 13.8 Å². The number of benzene rings is 4. The number of aryl methyl sites for hydroxylation is 2. The molecule has 0 amide bonds. The Labute approximate surface area is 305 Å². The minimum Gasteiger partial charge on any atom is -0.462 e. The van der Waals surface area contributed by atoms with Crippen LogP contribution >= 0.6 is 69.6 Å². The summed E-state index contributed by atoms with van der Waals surface area (Å²) in [6.45, 7) is 3.70. The van der Waals surface area contributed by atoms with Gasteiger partial charge in [0.05, 0.1) is 43.3 Å². The number of hydrogen-bond donors (Lipinski definition) is 0. The van der Waals surface area contributed by atoms with Crippen molar-refractivity contribution in [2.75, 3.05) is 13.2 Å². The predicted octanol–water partition coefficient (Wildman–Crippen LogP) is 9.53. The average molecular weight is 773 g/mol. The molecule has 0 radical (unpaired) electrons. The van der Waals surface area contributed by atoms with Crippen molar-refractivity contribution in [3.63, 3.8) is 0 Å².